The van der Waals surface area contributed by atoms with E-state index in [9.17, 15) is 34.2 Å². The molecule has 16 heteroatoms. The smallest absolute Gasteiger partial charge is 0.306 e. The molecule has 0 aliphatic carbocycles. The summed E-state index contributed by atoms with van der Waals surface area (Å²) in [6, 6.07) is 5.37. The lowest BCUT2D eigenvalue weighted by molar-refractivity contribution is -0.274. The topological polar surface area (TPSA) is 245 Å². The molecular weight excluding hydrogens is 572 g/mol. The third-order valence-corrected chi connectivity index (χ3v) is 6.58. The van der Waals surface area contributed by atoms with Crippen molar-refractivity contribution >= 4 is 29.6 Å². The SMILES string of the molecule is CO[C@@H]1O[C@H](CO)[C@@H](O)[C@H](O[C@H](C)C(=O)N[C@@H](C)C(=O)N[C@H](CCC(=O)OCc2ccccc2)C(N)=O)[C@H]1NC(=O)CO. The first-order valence-corrected chi connectivity index (χ1v) is 13.5. The number of nitrogens with one attached hydrogen (secondary N) is 3. The number of hydrogen-bond acceptors (Lipinski definition) is 12. The summed E-state index contributed by atoms with van der Waals surface area (Å²) in [7, 11) is 1.25. The molecule has 1 aliphatic heterocycles. The molecule has 1 heterocycles. The minimum atomic E-state index is -1.52. The quantitative estimate of drug-likeness (QED) is 0.0921. The largest absolute Gasteiger partial charge is 0.461 e. The summed E-state index contributed by atoms with van der Waals surface area (Å²) in [5.41, 5.74) is 6.16. The van der Waals surface area contributed by atoms with Crippen LogP contribution in [0.25, 0.3) is 0 Å². The number of aliphatic hydroxyl groups is 3. The van der Waals surface area contributed by atoms with Crippen molar-refractivity contribution in [1.82, 2.24) is 16.0 Å². The number of ether oxygens (including phenoxy) is 4. The first-order chi connectivity index (χ1) is 20.4. The Morgan fingerprint density at radius 2 is 1.72 bits per heavy atom. The maximum absolute atomic E-state index is 12.9. The second-order valence-corrected chi connectivity index (χ2v) is 9.82. The van der Waals surface area contributed by atoms with Gasteiger partial charge in [-0.2, -0.15) is 0 Å². The van der Waals surface area contributed by atoms with E-state index in [1.807, 2.05) is 6.07 Å². The van der Waals surface area contributed by atoms with Gasteiger partial charge in [-0.3, -0.25) is 24.0 Å². The molecule has 8 atom stereocenters. The Labute approximate surface area is 248 Å². The van der Waals surface area contributed by atoms with Gasteiger partial charge in [0.05, 0.1) is 6.61 Å². The van der Waals surface area contributed by atoms with Gasteiger partial charge >= 0.3 is 5.97 Å². The maximum atomic E-state index is 12.9. The van der Waals surface area contributed by atoms with Crippen LogP contribution in [-0.2, 0) is 49.5 Å². The predicted molar refractivity (Wildman–Crippen MR) is 146 cm³/mol. The minimum Gasteiger partial charge on any atom is -0.461 e. The van der Waals surface area contributed by atoms with Crippen molar-refractivity contribution in [2.24, 2.45) is 5.73 Å². The summed E-state index contributed by atoms with van der Waals surface area (Å²) in [5, 5.41) is 36.6. The fraction of sp³-hybridized carbons (Fsp3) is 0.593. The lowest BCUT2D eigenvalue weighted by Crippen LogP contribution is -2.66. The molecule has 43 heavy (non-hydrogen) atoms. The molecule has 0 bridgehead atoms. The fourth-order valence-electron chi connectivity index (χ4n) is 4.16. The molecule has 8 N–H and O–H groups in total. The van der Waals surface area contributed by atoms with E-state index in [1.54, 1.807) is 24.3 Å². The molecule has 0 unspecified atom stereocenters. The van der Waals surface area contributed by atoms with E-state index >= 15 is 0 Å². The third-order valence-electron chi connectivity index (χ3n) is 6.58. The Morgan fingerprint density at radius 3 is 2.30 bits per heavy atom. The van der Waals surface area contributed by atoms with Crippen molar-refractivity contribution in [3.05, 3.63) is 35.9 Å². The van der Waals surface area contributed by atoms with Crippen LogP contribution in [0.2, 0.25) is 0 Å². The monoisotopic (exact) mass is 612 g/mol. The van der Waals surface area contributed by atoms with Crippen LogP contribution >= 0.6 is 0 Å². The van der Waals surface area contributed by atoms with Gasteiger partial charge in [-0.1, -0.05) is 30.3 Å². The summed E-state index contributed by atoms with van der Waals surface area (Å²) in [6.45, 7) is 1.18. The number of methoxy groups -OCH3 is 1. The number of benzene rings is 1. The van der Waals surface area contributed by atoms with Gasteiger partial charge < -0.3 is 56.0 Å². The molecule has 1 aliphatic rings. The molecule has 1 aromatic carbocycles. The van der Waals surface area contributed by atoms with Crippen LogP contribution in [0.1, 0.15) is 32.3 Å². The number of hydrogen-bond donors (Lipinski definition) is 7. The van der Waals surface area contributed by atoms with Gasteiger partial charge in [0.15, 0.2) is 6.29 Å². The molecule has 2 rings (SSSR count). The van der Waals surface area contributed by atoms with Crippen LogP contribution in [0.4, 0.5) is 0 Å². The van der Waals surface area contributed by atoms with Crippen molar-refractivity contribution in [2.75, 3.05) is 20.3 Å². The zero-order valence-corrected chi connectivity index (χ0v) is 24.1. The van der Waals surface area contributed by atoms with E-state index in [2.05, 4.69) is 16.0 Å². The van der Waals surface area contributed by atoms with Crippen molar-refractivity contribution in [3.8, 4) is 0 Å². The van der Waals surface area contributed by atoms with Gasteiger partial charge in [0.2, 0.25) is 23.6 Å². The van der Waals surface area contributed by atoms with Gasteiger partial charge in [0, 0.05) is 13.5 Å². The van der Waals surface area contributed by atoms with E-state index < -0.39 is 91.6 Å². The van der Waals surface area contributed by atoms with E-state index in [1.165, 1.54) is 21.0 Å². The summed E-state index contributed by atoms with van der Waals surface area (Å²) in [6.07, 6.45) is -6.90. The summed E-state index contributed by atoms with van der Waals surface area (Å²) in [4.78, 5) is 61.4. The number of carbonyl (C=O) groups is 5. The number of amides is 4. The van der Waals surface area contributed by atoms with Gasteiger partial charge in [0.25, 0.3) is 0 Å². The molecule has 4 amide bonds. The Morgan fingerprint density at radius 1 is 1.05 bits per heavy atom. The fourth-order valence-corrected chi connectivity index (χ4v) is 4.16. The number of carbonyl (C=O) groups excluding carboxylic acids is 5. The molecule has 1 fully saturated rings. The third kappa shape index (κ3) is 10.8. The number of primary amides is 1. The highest BCUT2D eigenvalue weighted by atomic mass is 16.7. The molecule has 0 radical (unpaired) electrons. The highest BCUT2D eigenvalue weighted by molar-refractivity contribution is 5.92. The maximum Gasteiger partial charge on any atom is 0.306 e. The van der Waals surface area contributed by atoms with Crippen LogP contribution in [0.3, 0.4) is 0 Å². The van der Waals surface area contributed by atoms with E-state index in [0.717, 1.165) is 5.56 Å². The van der Waals surface area contributed by atoms with Gasteiger partial charge in [-0.15, -0.1) is 0 Å². The predicted octanol–water partition coefficient (Wildman–Crippen LogP) is -3.04. The lowest BCUT2D eigenvalue weighted by Gasteiger charge is -2.44. The van der Waals surface area contributed by atoms with Crippen molar-refractivity contribution < 1.29 is 58.2 Å². The number of aliphatic hydroxyl groups excluding tert-OH is 3. The Kier molecular flexibility index (Phi) is 14.4. The summed E-state index contributed by atoms with van der Waals surface area (Å²) < 4.78 is 21.5. The van der Waals surface area contributed by atoms with Gasteiger partial charge in [-0.05, 0) is 25.8 Å². The van der Waals surface area contributed by atoms with E-state index in [4.69, 9.17) is 29.8 Å². The second-order valence-electron chi connectivity index (χ2n) is 9.82. The molecular formula is C27H40N4O12. The molecule has 16 nitrogen and oxygen atoms in total. The molecule has 0 aromatic heterocycles. The van der Waals surface area contributed by atoms with Crippen LogP contribution < -0.4 is 21.7 Å². The lowest BCUT2D eigenvalue weighted by atomic mass is 9.96. The minimum absolute atomic E-state index is 0.0445. The average Bonchev–Trinajstić information content (AvgIpc) is 2.99. The number of nitrogens with two attached hydrogens (primary N) is 1. The van der Waals surface area contributed by atoms with Crippen LogP contribution in [0, 0.1) is 0 Å². The normalized spacial score (nSPS) is 23.7. The van der Waals surface area contributed by atoms with E-state index in [-0.39, 0.29) is 19.4 Å². The van der Waals surface area contributed by atoms with Crippen molar-refractivity contribution in [1.29, 1.82) is 0 Å². The Balaban J connectivity index is 1.95. The molecule has 1 aromatic rings. The summed E-state index contributed by atoms with van der Waals surface area (Å²) >= 11 is 0. The van der Waals surface area contributed by atoms with Crippen molar-refractivity contribution in [2.45, 2.75) is 82.1 Å². The summed E-state index contributed by atoms with van der Waals surface area (Å²) in [5.74, 6) is -3.91. The number of rotatable bonds is 16. The Hall–Kier alpha value is -3.67. The highest BCUT2D eigenvalue weighted by Crippen LogP contribution is 2.25. The molecule has 0 saturated carbocycles. The van der Waals surface area contributed by atoms with E-state index in [0.29, 0.717) is 0 Å². The number of esters is 1. The zero-order valence-electron chi connectivity index (χ0n) is 24.1. The highest BCUT2D eigenvalue weighted by Gasteiger charge is 2.48. The first-order valence-electron chi connectivity index (χ1n) is 13.5. The standard InChI is InChI=1S/C27H40N4O12/c1-14(25(38)30-17(24(28)37)9-10-20(35)41-13-16-7-5-4-6-8-16)29-26(39)15(2)42-23-21(31-19(34)12-33)27(40-3)43-18(11-32)22(23)36/h4-8,14-15,17-18,21-23,27,32-33,36H,9-13H2,1-3H3,(H2,28,37)(H,29,39)(H,30,38)(H,31,34)/t14-,15+,17+,18+,21+,22+,23+,27+/m0/s1. The average molecular weight is 613 g/mol. The second kappa shape index (κ2) is 17.4. The first kappa shape index (κ1) is 35.5. The zero-order chi connectivity index (χ0) is 32.1. The Bertz CT molecular complexity index is 1090. The van der Waals surface area contributed by atoms with Crippen LogP contribution in [-0.4, -0.2) is 114 Å². The van der Waals surface area contributed by atoms with Crippen LogP contribution in [0.5, 0.6) is 0 Å². The molecule has 1 saturated heterocycles. The molecule has 0 spiro atoms. The van der Waals surface area contributed by atoms with Crippen molar-refractivity contribution in [3.63, 3.8) is 0 Å². The van der Waals surface area contributed by atoms with Gasteiger partial charge in [0.1, 0.15) is 55.8 Å². The van der Waals surface area contributed by atoms with Crippen LogP contribution in [0.15, 0.2) is 30.3 Å². The van der Waals surface area contributed by atoms with Gasteiger partial charge in [-0.25, -0.2) is 0 Å². The molecule has 240 valence electrons.